The zero-order valence-electron chi connectivity index (χ0n) is 9.09. The highest BCUT2D eigenvalue weighted by Crippen LogP contribution is 2.48. The Labute approximate surface area is 105 Å². The van der Waals surface area contributed by atoms with E-state index in [0.29, 0.717) is 18.3 Å². The number of carbonyl (C=O) groups is 1. The molecule has 2 nitrogen and oxygen atoms in total. The normalized spacial score (nSPS) is 39.7. The molecule has 0 amide bonds. The van der Waals surface area contributed by atoms with Crippen LogP contribution in [0.3, 0.4) is 0 Å². The average Bonchev–Trinajstić information content (AvgIpc) is 2.53. The Bertz CT molecular complexity index is 300. The van der Waals surface area contributed by atoms with Crippen molar-refractivity contribution in [2.24, 2.45) is 11.8 Å². The number of hydrogen-bond acceptors (Lipinski definition) is 2. The van der Waals surface area contributed by atoms with Gasteiger partial charge in [-0.1, -0.05) is 34.7 Å². The van der Waals surface area contributed by atoms with Crippen LogP contribution in [0.15, 0.2) is 12.2 Å². The topological polar surface area (TPSA) is 26.3 Å². The van der Waals surface area contributed by atoms with Crippen LogP contribution in [0.25, 0.3) is 0 Å². The van der Waals surface area contributed by atoms with Crippen LogP contribution >= 0.6 is 22.6 Å². The van der Waals surface area contributed by atoms with E-state index >= 15 is 0 Å². The fraction of sp³-hybridized carbons (Fsp3) is 0.750. The highest BCUT2D eigenvalue weighted by Gasteiger charge is 2.51. The number of allylic oxidation sites excluding steroid dienone is 1. The predicted octanol–water partition coefficient (Wildman–Crippen LogP) is 3.10. The molecule has 0 radical (unpaired) electrons. The number of hydrogen-bond donors (Lipinski definition) is 0. The molecule has 1 heterocycles. The Balaban J connectivity index is 2.14. The summed E-state index contributed by atoms with van der Waals surface area (Å²) in [4.78, 5) is 11.4. The first-order valence-corrected chi connectivity index (χ1v) is 7.03. The van der Waals surface area contributed by atoms with Crippen molar-refractivity contribution in [2.75, 3.05) is 4.43 Å². The lowest BCUT2D eigenvalue weighted by molar-refractivity contribution is -0.149. The SMILES string of the molecule is C=C(C)C1CCC2(CI)OC(=O)CC2C1. The molecule has 1 aliphatic heterocycles. The zero-order valence-corrected chi connectivity index (χ0v) is 11.2. The van der Waals surface area contributed by atoms with Gasteiger partial charge in [-0.2, -0.15) is 0 Å². The van der Waals surface area contributed by atoms with Gasteiger partial charge in [0.25, 0.3) is 0 Å². The molecule has 3 heteroatoms. The minimum absolute atomic E-state index is 0.000897. The number of fused-ring (bicyclic) bond motifs is 1. The first-order chi connectivity index (χ1) is 7.07. The van der Waals surface area contributed by atoms with E-state index in [0.717, 1.165) is 23.7 Å². The molecule has 1 aliphatic carbocycles. The third kappa shape index (κ3) is 1.95. The molecule has 0 N–H and O–H groups in total. The lowest BCUT2D eigenvalue weighted by Crippen LogP contribution is -2.42. The number of ether oxygens (including phenoxy) is 1. The van der Waals surface area contributed by atoms with Crippen LogP contribution in [0.5, 0.6) is 0 Å². The molecule has 15 heavy (non-hydrogen) atoms. The van der Waals surface area contributed by atoms with Gasteiger partial charge in [-0.15, -0.1) is 0 Å². The fourth-order valence-electron chi connectivity index (χ4n) is 2.82. The summed E-state index contributed by atoms with van der Waals surface area (Å²) in [5.41, 5.74) is 1.13. The second kappa shape index (κ2) is 4.07. The summed E-state index contributed by atoms with van der Waals surface area (Å²) in [6, 6.07) is 0. The van der Waals surface area contributed by atoms with Gasteiger partial charge in [0.15, 0.2) is 0 Å². The number of carbonyl (C=O) groups excluding carboxylic acids is 1. The van der Waals surface area contributed by atoms with Gasteiger partial charge in [-0.05, 0) is 32.1 Å². The summed E-state index contributed by atoms with van der Waals surface area (Å²) < 4.78 is 6.49. The highest BCUT2D eigenvalue weighted by atomic mass is 127. The maximum absolute atomic E-state index is 11.4. The van der Waals surface area contributed by atoms with Gasteiger partial charge in [-0.3, -0.25) is 4.79 Å². The van der Waals surface area contributed by atoms with E-state index in [1.54, 1.807) is 0 Å². The van der Waals surface area contributed by atoms with Crippen molar-refractivity contribution >= 4 is 28.6 Å². The van der Waals surface area contributed by atoms with Gasteiger partial charge in [0, 0.05) is 10.3 Å². The van der Waals surface area contributed by atoms with Gasteiger partial charge in [0.2, 0.25) is 0 Å². The van der Waals surface area contributed by atoms with Crippen molar-refractivity contribution in [3.05, 3.63) is 12.2 Å². The minimum atomic E-state index is -0.135. The van der Waals surface area contributed by atoms with Crippen LogP contribution in [0, 0.1) is 11.8 Å². The Morgan fingerprint density at radius 3 is 3.07 bits per heavy atom. The molecule has 0 aromatic heterocycles. The molecule has 2 rings (SSSR count). The van der Waals surface area contributed by atoms with Crippen LogP contribution in [-0.2, 0) is 9.53 Å². The van der Waals surface area contributed by atoms with Gasteiger partial charge in [0.05, 0.1) is 6.42 Å². The van der Waals surface area contributed by atoms with E-state index in [4.69, 9.17) is 4.74 Å². The second-order valence-electron chi connectivity index (χ2n) is 4.89. The Morgan fingerprint density at radius 1 is 1.73 bits per heavy atom. The van der Waals surface area contributed by atoms with Gasteiger partial charge in [0.1, 0.15) is 5.60 Å². The van der Waals surface area contributed by atoms with Gasteiger partial charge >= 0.3 is 5.97 Å². The molecule has 0 spiro atoms. The number of esters is 1. The quantitative estimate of drug-likeness (QED) is 0.338. The van der Waals surface area contributed by atoms with Crippen molar-refractivity contribution < 1.29 is 9.53 Å². The van der Waals surface area contributed by atoms with Gasteiger partial charge < -0.3 is 4.74 Å². The summed E-state index contributed by atoms with van der Waals surface area (Å²) in [5.74, 6) is 1.02. The monoisotopic (exact) mass is 320 g/mol. The average molecular weight is 320 g/mol. The van der Waals surface area contributed by atoms with E-state index in [1.165, 1.54) is 5.57 Å². The van der Waals surface area contributed by atoms with E-state index in [2.05, 4.69) is 36.1 Å². The summed E-state index contributed by atoms with van der Waals surface area (Å²) in [7, 11) is 0. The smallest absolute Gasteiger partial charge is 0.306 e. The molecule has 0 bridgehead atoms. The minimum Gasteiger partial charge on any atom is -0.458 e. The number of rotatable bonds is 2. The zero-order chi connectivity index (χ0) is 11.1. The van der Waals surface area contributed by atoms with Crippen LogP contribution in [-0.4, -0.2) is 16.0 Å². The van der Waals surface area contributed by atoms with Crippen molar-refractivity contribution in [1.29, 1.82) is 0 Å². The highest BCUT2D eigenvalue weighted by molar-refractivity contribution is 14.1. The molecule has 2 aliphatic rings. The lowest BCUT2D eigenvalue weighted by atomic mass is 9.70. The van der Waals surface area contributed by atoms with Crippen LogP contribution in [0.4, 0.5) is 0 Å². The molecule has 2 fully saturated rings. The Morgan fingerprint density at radius 2 is 2.47 bits per heavy atom. The van der Waals surface area contributed by atoms with Crippen molar-refractivity contribution in [3.8, 4) is 0 Å². The third-order valence-corrected chi connectivity index (χ3v) is 5.17. The molecule has 84 valence electrons. The molecular weight excluding hydrogens is 303 g/mol. The van der Waals surface area contributed by atoms with E-state index in [9.17, 15) is 4.79 Å². The molecule has 3 atom stereocenters. The molecular formula is C12H17IO2. The molecule has 3 unspecified atom stereocenters. The fourth-order valence-corrected chi connectivity index (χ4v) is 3.98. The first kappa shape index (κ1) is 11.4. The Hall–Kier alpha value is -0.0600. The molecule has 1 saturated heterocycles. The Kier molecular flexibility index (Phi) is 3.10. The van der Waals surface area contributed by atoms with Crippen molar-refractivity contribution in [2.45, 2.75) is 38.2 Å². The third-order valence-electron chi connectivity index (χ3n) is 3.88. The molecule has 0 aromatic carbocycles. The van der Waals surface area contributed by atoms with Crippen molar-refractivity contribution in [3.63, 3.8) is 0 Å². The summed E-state index contributed by atoms with van der Waals surface area (Å²) in [6.07, 6.45) is 3.85. The second-order valence-corrected chi connectivity index (χ2v) is 5.65. The van der Waals surface area contributed by atoms with Crippen LogP contribution in [0.1, 0.15) is 32.6 Å². The maximum atomic E-state index is 11.4. The standard InChI is InChI=1S/C12H17IO2/c1-8(2)9-3-4-12(7-13)10(5-9)6-11(14)15-12/h9-10H,1,3-7H2,2H3. The summed E-state index contributed by atoms with van der Waals surface area (Å²) in [5, 5.41) is 0. The molecule has 1 saturated carbocycles. The van der Waals surface area contributed by atoms with E-state index in [-0.39, 0.29) is 11.6 Å². The van der Waals surface area contributed by atoms with Gasteiger partial charge in [-0.25, -0.2) is 0 Å². The summed E-state index contributed by atoms with van der Waals surface area (Å²) in [6.45, 7) is 6.13. The number of alkyl halides is 1. The first-order valence-electron chi connectivity index (χ1n) is 5.50. The number of halogens is 1. The van der Waals surface area contributed by atoms with Crippen LogP contribution < -0.4 is 0 Å². The maximum Gasteiger partial charge on any atom is 0.306 e. The van der Waals surface area contributed by atoms with Crippen molar-refractivity contribution in [1.82, 2.24) is 0 Å². The van der Waals surface area contributed by atoms with E-state index < -0.39 is 0 Å². The lowest BCUT2D eigenvalue weighted by Gasteiger charge is -2.39. The molecule has 0 aromatic rings. The van der Waals surface area contributed by atoms with Crippen LogP contribution in [0.2, 0.25) is 0 Å². The predicted molar refractivity (Wildman–Crippen MR) is 68.0 cm³/mol. The van der Waals surface area contributed by atoms with E-state index in [1.807, 2.05) is 0 Å². The largest absolute Gasteiger partial charge is 0.458 e. The summed E-state index contributed by atoms with van der Waals surface area (Å²) >= 11 is 2.35.